The minimum Gasteiger partial charge on any atom is -0.379 e. The molecule has 0 bridgehead atoms. The Labute approximate surface area is 184 Å². The molecule has 5 heteroatoms. The fourth-order valence-corrected chi connectivity index (χ4v) is 5.99. The molecule has 3 heterocycles. The number of piperidine rings is 2. The molecule has 0 aliphatic carbocycles. The normalized spacial score (nSPS) is 29.5. The topological polar surface area (TPSA) is 64.9 Å². The second-order valence-electron chi connectivity index (χ2n) is 9.32. The number of carbonyl (C=O) groups is 1. The lowest BCUT2D eigenvalue weighted by Gasteiger charge is -2.55. The minimum atomic E-state index is -1.00. The van der Waals surface area contributed by atoms with Crippen molar-refractivity contribution < 1.29 is 9.90 Å². The molecule has 3 aliphatic rings. The minimum absolute atomic E-state index is 0.000115. The molecule has 2 aromatic rings. The van der Waals surface area contributed by atoms with Crippen molar-refractivity contribution in [2.24, 2.45) is 10.4 Å². The predicted octanol–water partition coefficient (Wildman–Crippen LogP) is 3.93. The summed E-state index contributed by atoms with van der Waals surface area (Å²) in [7, 11) is 0. The molecule has 3 atom stereocenters. The predicted molar refractivity (Wildman–Crippen MR) is 122 cm³/mol. The first-order valence-electron chi connectivity index (χ1n) is 11.5. The molecule has 0 saturated carbocycles. The number of fused-ring (bicyclic) bond motifs is 5. The number of aliphatic imine (C=N–C) groups is 1. The molecule has 0 radical (unpaired) electrons. The van der Waals surface area contributed by atoms with E-state index in [-0.39, 0.29) is 17.4 Å². The molecule has 0 spiro atoms. The van der Waals surface area contributed by atoms with Crippen LogP contribution < -0.4 is 5.32 Å². The van der Waals surface area contributed by atoms with Gasteiger partial charge in [-0.15, -0.1) is 0 Å². The molecule has 1 amide bonds. The molecule has 162 valence electrons. The fourth-order valence-electron chi connectivity index (χ4n) is 5.99. The van der Waals surface area contributed by atoms with E-state index in [0.717, 1.165) is 54.9 Å². The second-order valence-corrected chi connectivity index (χ2v) is 9.32. The van der Waals surface area contributed by atoms with Gasteiger partial charge in [-0.25, -0.2) is 0 Å². The molecule has 0 unspecified atom stereocenters. The Morgan fingerprint density at radius 3 is 2.71 bits per heavy atom. The van der Waals surface area contributed by atoms with Crippen molar-refractivity contribution in [1.29, 1.82) is 0 Å². The van der Waals surface area contributed by atoms with Gasteiger partial charge in [0, 0.05) is 25.1 Å². The van der Waals surface area contributed by atoms with Gasteiger partial charge in [0.1, 0.15) is 5.60 Å². The number of para-hydroxylation sites is 1. The van der Waals surface area contributed by atoms with E-state index in [2.05, 4.69) is 17.1 Å². The van der Waals surface area contributed by atoms with Crippen LogP contribution in [0.5, 0.6) is 0 Å². The van der Waals surface area contributed by atoms with Crippen molar-refractivity contribution in [1.82, 2.24) is 10.2 Å². The van der Waals surface area contributed by atoms with Gasteiger partial charge in [0.15, 0.2) is 0 Å². The number of benzene rings is 2. The van der Waals surface area contributed by atoms with Crippen LogP contribution in [0.25, 0.3) is 0 Å². The molecule has 5 rings (SSSR count). The van der Waals surface area contributed by atoms with E-state index in [9.17, 15) is 9.90 Å². The fraction of sp³-hybridized carbons (Fsp3) is 0.462. The van der Waals surface area contributed by atoms with Crippen LogP contribution in [0.15, 0.2) is 59.6 Å². The maximum atomic E-state index is 13.1. The van der Waals surface area contributed by atoms with Gasteiger partial charge >= 0.3 is 0 Å². The highest BCUT2D eigenvalue weighted by molar-refractivity contribution is 6.05. The summed E-state index contributed by atoms with van der Waals surface area (Å²) in [5.41, 5.74) is 2.55. The summed E-state index contributed by atoms with van der Waals surface area (Å²) in [6.07, 6.45) is 4.07. The lowest BCUT2D eigenvalue weighted by atomic mass is 9.62. The Morgan fingerprint density at radius 1 is 1.13 bits per heavy atom. The van der Waals surface area contributed by atoms with Gasteiger partial charge in [0.25, 0.3) is 0 Å². The number of nitrogens with zero attached hydrogens (tertiary/aromatic N) is 2. The summed E-state index contributed by atoms with van der Waals surface area (Å²) < 4.78 is 0. The summed E-state index contributed by atoms with van der Waals surface area (Å²) in [6, 6.07) is 18.0. The number of aliphatic hydroxyl groups is 1. The van der Waals surface area contributed by atoms with E-state index in [1.54, 1.807) is 0 Å². The highest BCUT2D eigenvalue weighted by Gasteiger charge is 2.57. The zero-order valence-corrected chi connectivity index (χ0v) is 18.2. The molecule has 31 heavy (non-hydrogen) atoms. The first-order chi connectivity index (χ1) is 15.1. The van der Waals surface area contributed by atoms with Gasteiger partial charge < -0.3 is 10.4 Å². The number of amides is 1. The Balaban J connectivity index is 1.42. The molecular weight excluding hydrogens is 386 g/mol. The van der Waals surface area contributed by atoms with E-state index in [0.29, 0.717) is 19.4 Å². The van der Waals surface area contributed by atoms with Crippen molar-refractivity contribution >= 4 is 17.3 Å². The smallest absolute Gasteiger partial charge is 0.220 e. The second kappa shape index (κ2) is 7.88. The van der Waals surface area contributed by atoms with Gasteiger partial charge in [0.2, 0.25) is 5.91 Å². The number of carbonyl (C=O) groups excluding carboxylic acids is 1. The van der Waals surface area contributed by atoms with E-state index in [4.69, 9.17) is 4.99 Å². The van der Waals surface area contributed by atoms with E-state index in [1.165, 1.54) is 0 Å². The van der Waals surface area contributed by atoms with Crippen LogP contribution in [0, 0.1) is 5.41 Å². The number of hydrogen-bond acceptors (Lipinski definition) is 4. The lowest BCUT2D eigenvalue weighted by molar-refractivity contribution is -0.126. The summed E-state index contributed by atoms with van der Waals surface area (Å²) in [5.74, 6) is 0.0813. The van der Waals surface area contributed by atoms with Gasteiger partial charge in [-0.3, -0.25) is 14.7 Å². The average molecular weight is 418 g/mol. The van der Waals surface area contributed by atoms with E-state index in [1.807, 2.05) is 54.6 Å². The molecule has 5 nitrogen and oxygen atoms in total. The van der Waals surface area contributed by atoms with Crippen LogP contribution in [0.1, 0.15) is 50.2 Å². The Bertz CT molecular complexity index is 1000. The van der Waals surface area contributed by atoms with Crippen LogP contribution >= 0.6 is 0 Å². The average Bonchev–Trinajstić information content (AvgIpc) is 3.11. The molecule has 3 aliphatic heterocycles. The monoisotopic (exact) mass is 417 g/mol. The first-order valence-corrected chi connectivity index (χ1v) is 11.5. The van der Waals surface area contributed by atoms with Crippen LogP contribution in [0.4, 0.5) is 5.69 Å². The van der Waals surface area contributed by atoms with E-state index < -0.39 is 5.60 Å². The molecule has 0 aromatic heterocycles. The third kappa shape index (κ3) is 3.40. The highest BCUT2D eigenvalue weighted by Crippen LogP contribution is 2.52. The largest absolute Gasteiger partial charge is 0.379 e. The first kappa shape index (κ1) is 20.4. The number of hydrogen-bond donors (Lipinski definition) is 2. The zero-order valence-electron chi connectivity index (χ0n) is 18.2. The molecule has 2 fully saturated rings. The lowest BCUT2D eigenvalue weighted by Crippen LogP contribution is -2.65. The third-order valence-corrected chi connectivity index (χ3v) is 7.65. The number of nitrogens with one attached hydrogen (secondary N) is 1. The highest BCUT2D eigenvalue weighted by atomic mass is 16.3. The molecule has 2 saturated heterocycles. The summed E-state index contributed by atoms with van der Waals surface area (Å²) >= 11 is 0. The Hall–Kier alpha value is -2.50. The summed E-state index contributed by atoms with van der Waals surface area (Å²) in [5, 5.41) is 14.9. The van der Waals surface area contributed by atoms with Crippen LogP contribution in [-0.2, 0) is 16.9 Å². The van der Waals surface area contributed by atoms with Crippen molar-refractivity contribution in [2.45, 2.75) is 57.2 Å². The standard InChI is InChI=1S/C26H31N3O2/c1-2-25(17-22(30)27-18-19-9-4-3-5-10-19)13-8-15-29-16-14-26(31)20-11-6-7-12-21(20)28-23(26)24(25)29/h3-7,9-12,24,31H,2,8,13-18H2,1H3,(H,27,30)/t24-,25+,26-/m1/s1. The van der Waals surface area contributed by atoms with Crippen molar-refractivity contribution in [3.05, 3.63) is 65.7 Å². The van der Waals surface area contributed by atoms with Crippen LogP contribution in [0.3, 0.4) is 0 Å². The molecule has 2 aromatic carbocycles. The van der Waals surface area contributed by atoms with Gasteiger partial charge in [0.05, 0.1) is 17.4 Å². The zero-order chi connectivity index (χ0) is 21.5. The van der Waals surface area contributed by atoms with Crippen molar-refractivity contribution in [3.63, 3.8) is 0 Å². The quantitative estimate of drug-likeness (QED) is 0.775. The van der Waals surface area contributed by atoms with Gasteiger partial charge in [-0.2, -0.15) is 0 Å². The third-order valence-electron chi connectivity index (χ3n) is 7.65. The number of rotatable bonds is 5. The maximum Gasteiger partial charge on any atom is 0.220 e. The Kier molecular flexibility index (Phi) is 5.19. The van der Waals surface area contributed by atoms with Crippen LogP contribution in [0.2, 0.25) is 0 Å². The van der Waals surface area contributed by atoms with Gasteiger partial charge in [-0.1, -0.05) is 55.5 Å². The van der Waals surface area contributed by atoms with Crippen molar-refractivity contribution in [3.8, 4) is 0 Å². The maximum absolute atomic E-state index is 13.1. The van der Waals surface area contributed by atoms with E-state index >= 15 is 0 Å². The van der Waals surface area contributed by atoms with Gasteiger partial charge in [-0.05, 0) is 49.3 Å². The van der Waals surface area contributed by atoms with Crippen LogP contribution in [-0.4, -0.2) is 40.8 Å². The summed E-state index contributed by atoms with van der Waals surface area (Å²) in [4.78, 5) is 20.5. The van der Waals surface area contributed by atoms with Crippen molar-refractivity contribution in [2.75, 3.05) is 13.1 Å². The SMILES string of the molecule is CC[C@@]1(CC(=O)NCc2ccccc2)CCCN2CC[C@]3(O)C(=Nc4ccccc43)[C@@H]21. The molecule has 2 N–H and O–H groups in total. The Morgan fingerprint density at radius 2 is 1.90 bits per heavy atom. The molecular formula is C26H31N3O2. The summed E-state index contributed by atoms with van der Waals surface area (Å²) in [6.45, 7) is 4.57.